The average molecular weight is 395 g/mol. The minimum absolute atomic E-state index is 0.261. The molecule has 1 aromatic heterocycles. The molecule has 29 heavy (non-hydrogen) atoms. The molecule has 1 aliphatic rings. The Kier molecular flexibility index (Phi) is 5.16. The predicted molar refractivity (Wildman–Crippen MR) is 110 cm³/mol. The number of hydrogen-bond acceptors (Lipinski definition) is 5. The second-order valence-corrected chi connectivity index (χ2v) is 6.96. The topological polar surface area (TPSA) is 70.6 Å². The first-order valence-corrected chi connectivity index (χ1v) is 9.42. The number of aromatic nitrogens is 2. The van der Waals surface area contributed by atoms with E-state index in [1.54, 1.807) is 11.0 Å². The summed E-state index contributed by atoms with van der Waals surface area (Å²) in [5.74, 6) is 0.302. The summed E-state index contributed by atoms with van der Waals surface area (Å²) in [5.41, 5.74) is 3.29. The number of fused-ring (bicyclic) bond motifs is 1. The van der Waals surface area contributed by atoms with Crippen molar-refractivity contribution in [2.75, 3.05) is 43.5 Å². The van der Waals surface area contributed by atoms with Crippen molar-refractivity contribution in [3.63, 3.8) is 0 Å². The number of carbonyl (C=O) groups is 1. The molecule has 150 valence electrons. The van der Waals surface area contributed by atoms with Crippen molar-refractivity contribution >= 4 is 28.6 Å². The van der Waals surface area contributed by atoms with Crippen LogP contribution in [-0.4, -0.2) is 54.2 Å². The highest BCUT2D eigenvalue weighted by molar-refractivity contribution is 5.91. The van der Waals surface area contributed by atoms with Crippen molar-refractivity contribution in [3.05, 3.63) is 53.8 Å². The van der Waals surface area contributed by atoms with Crippen LogP contribution in [0.3, 0.4) is 0 Å². The molecule has 0 aliphatic carbocycles. The van der Waals surface area contributed by atoms with Gasteiger partial charge in [-0.25, -0.2) is 19.2 Å². The van der Waals surface area contributed by atoms with Gasteiger partial charge in [0.1, 0.15) is 5.82 Å². The van der Waals surface area contributed by atoms with Gasteiger partial charge in [-0.15, -0.1) is 0 Å². The Bertz CT molecular complexity index is 1050. The minimum atomic E-state index is -0.264. The number of hydrogen-bond donors (Lipinski definition) is 1. The first-order valence-electron chi connectivity index (χ1n) is 9.42. The smallest absolute Gasteiger partial charge is 0.323 e. The zero-order chi connectivity index (χ0) is 20.4. The van der Waals surface area contributed by atoms with Gasteiger partial charge in [-0.2, -0.15) is 0 Å². The van der Waals surface area contributed by atoms with Crippen LogP contribution in [-0.2, 0) is 0 Å². The van der Waals surface area contributed by atoms with Crippen LogP contribution >= 0.6 is 0 Å². The Balaban J connectivity index is 1.45. The van der Waals surface area contributed by atoms with Crippen LogP contribution in [0.15, 0.2) is 42.5 Å². The van der Waals surface area contributed by atoms with Crippen LogP contribution in [0.4, 0.5) is 20.7 Å². The number of urea groups is 1. The van der Waals surface area contributed by atoms with E-state index in [2.05, 4.69) is 20.2 Å². The second kappa shape index (κ2) is 7.90. The van der Waals surface area contributed by atoms with Gasteiger partial charge in [0.15, 0.2) is 5.82 Å². The van der Waals surface area contributed by atoms with Crippen molar-refractivity contribution < 1.29 is 13.9 Å². The van der Waals surface area contributed by atoms with E-state index in [1.165, 1.54) is 19.2 Å². The molecule has 7 nitrogen and oxygen atoms in total. The summed E-state index contributed by atoms with van der Waals surface area (Å²) in [6, 6.07) is 12.0. The Morgan fingerprint density at radius 3 is 2.59 bits per heavy atom. The van der Waals surface area contributed by atoms with E-state index in [0.717, 1.165) is 11.3 Å². The van der Waals surface area contributed by atoms with Gasteiger partial charge in [0.2, 0.25) is 0 Å². The maximum absolute atomic E-state index is 13.4. The Labute approximate surface area is 168 Å². The molecule has 2 heterocycles. The number of halogens is 1. The third-order valence-electron chi connectivity index (χ3n) is 4.95. The number of rotatable bonds is 3. The third kappa shape index (κ3) is 4.06. The SMILES string of the molecule is COc1nc2cc(C)ccc2nc1NC(=O)N1CCN(c2cccc(F)c2)CC1. The Hall–Kier alpha value is -3.42. The van der Waals surface area contributed by atoms with Gasteiger partial charge in [0.25, 0.3) is 5.88 Å². The van der Waals surface area contributed by atoms with Crippen molar-refractivity contribution in [2.45, 2.75) is 6.92 Å². The second-order valence-electron chi connectivity index (χ2n) is 6.96. The molecule has 2 amide bonds. The van der Waals surface area contributed by atoms with Gasteiger partial charge in [0.05, 0.1) is 18.1 Å². The summed E-state index contributed by atoms with van der Waals surface area (Å²) in [4.78, 5) is 25.4. The molecule has 4 rings (SSSR count). The van der Waals surface area contributed by atoms with Crippen LogP contribution < -0.4 is 15.0 Å². The lowest BCUT2D eigenvalue weighted by Gasteiger charge is -2.36. The number of nitrogens with one attached hydrogen (secondary N) is 1. The molecule has 3 aromatic rings. The van der Waals surface area contributed by atoms with E-state index < -0.39 is 0 Å². The van der Waals surface area contributed by atoms with E-state index >= 15 is 0 Å². The highest BCUT2D eigenvalue weighted by Gasteiger charge is 2.23. The summed E-state index contributed by atoms with van der Waals surface area (Å²) in [5, 5.41) is 2.81. The number of piperazine rings is 1. The van der Waals surface area contributed by atoms with E-state index in [0.29, 0.717) is 43.0 Å². The number of anilines is 2. The van der Waals surface area contributed by atoms with Crippen LogP contribution in [0, 0.1) is 12.7 Å². The number of amides is 2. The van der Waals surface area contributed by atoms with Gasteiger partial charge in [0, 0.05) is 31.9 Å². The highest BCUT2D eigenvalue weighted by atomic mass is 19.1. The molecule has 0 spiro atoms. The number of aryl methyl sites for hydroxylation is 1. The van der Waals surface area contributed by atoms with Gasteiger partial charge < -0.3 is 14.5 Å². The van der Waals surface area contributed by atoms with E-state index in [9.17, 15) is 9.18 Å². The molecule has 1 aliphatic heterocycles. The Morgan fingerprint density at radius 2 is 1.86 bits per heavy atom. The molecule has 8 heteroatoms. The number of ether oxygens (including phenoxy) is 1. The van der Waals surface area contributed by atoms with Gasteiger partial charge >= 0.3 is 6.03 Å². The predicted octanol–water partition coefficient (Wildman–Crippen LogP) is 3.44. The molecule has 1 N–H and O–H groups in total. The molecule has 0 saturated carbocycles. The fraction of sp³-hybridized carbons (Fsp3) is 0.286. The van der Waals surface area contributed by atoms with E-state index in [1.807, 2.05) is 31.2 Å². The normalized spacial score (nSPS) is 14.2. The van der Waals surface area contributed by atoms with Crippen molar-refractivity contribution in [3.8, 4) is 5.88 Å². The van der Waals surface area contributed by atoms with E-state index in [-0.39, 0.29) is 17.7 Å². The van der Waals surface area contributed by atoms with Crippen molar-refractivity contribution in [2.24, 2.45) is 0 Å². The quantitative estimate of drug-likeness (QED) is 0.736. The molecule has 2 aromatic carbocycles. The van der Waals surface area contributed by atoms with Crippen molar-refractivity contribution in [1.82, 2.24) is 14.9 Å². The first-order chi connectivity index (χ1) is 14.0. The Morgan fingerprint density at radius 1 is 1.07 bits per heavy atom. The lowest BCUT2D eigenvalue weighted by molar-refractivity contribution is 0.208. The zero-order valence-electron chi connectivity index (χ0n) is 16.4. The molecular weight excluding hydrogens is 373 g/mol. The standard InChI is InChI=1S/C21H22FN5O2/c1-14-6-7-17-18(12-14)24-20(29-2)19(23-17)25-21(28)27-10-8-26(9-11-27)16-5-3-4-15(22)13-16/h3-7,12-13H,8-11H2,1-2H3,(H,23,25,28). The summed E-state index contributed by atoms with van der Waals surface area (Å²) in [6.45, 7) is 4.26. The van der Waals surface area contributed by atoms with Crippen LogP contribution in [0.5, 0.6) is 5.88 Å². The molecule has 0 atom stereocenters. The van der Waals surface area contributed by atoms with Crippen LogP contribution in [0.2, 0.25) is 0 Å². The molecule has 1 fully saturated rings. The maximum atomic E-state index is 13.4. The van der Waals surface area contributed by atoms with Crippen LogP contribution in [0.1, 0.15) is 5.56 Å². The minimum Gasteiger partial charge on any atom is -0.478 e. The van der Waals surface area contributed by atoms with Gasteiger partial charge in [-0.1, -0.05) is 12.1 Å². The zero-order valence-corrected chi connectivity index (χ0v) is 16.4. The number of benzene rings is 2. The molecule has 0 radical (unpaired) electrons. The summed E-state index contributed by atoms with van der Waals surface area (Å²) in [6.07, 6.45) is 0. The largest absolute Gasteiger partial charge is 0.478 e. The lowest BCUT2D eigenvalue weighted by atomic mass is 10.2. The molecule has 0 unspecified atom stereocenters. The fourth-order valence-electron chi connectivity index (χ4n) is 3.39. The summed E-state index contributed by atoms with van der Waals surface area (Å²) >= 11 is 0. The molecular formula is C21H22FN5O2. The molecule has 1 saturated heterocycles. The fourth-order valence-corrected chi connectivity index (χ4v) is 3.39. The number of carbonyl (C=O) groups excluding carboxylic acids is 1. The summed E-state index contributed by atoms with van der Waals surface area (Å²) < 4.78 is 18.8. The van der Waals surface area contributed by atoms with Crippen molar-refractivity contribution in [1.29, 1.82) is 0 Å². The monoisotopic (exact) mass is 395 g/mol. The molecule has 0 bridgehead atoms. The van der Waals surface area contributed by atoms with Gasteiger partial charge in [-0.05, 0) is 42.8 Å². The average Bonchev–Trinajstić information content (AvgIpc) is 2.73. The number of methoxy groups -OCH3 is 1. The van der Waals surface area contributed by atoms with Gasteiger partial charge in [-0.3, -0.25) is 5.32 Å². The highest BCUT2D eigenvalue weighted by Crippen LogP contribution is 2.24. The maximum Gasteiger partial charge on any atom is 0.323 e. The number of nitrogens with zero attached hydrogens (tertiary/aromatic N) is 4. The van der Waals surface area contributed by atoms with E-state index in [4.69, 9.17) is 4.74 Å². The first kappa shape index (κ1) is 18.9. The third-order valence-corrected chi connectivity index (χ3v) is 4.95. The lowest BCUT2D eigenvalue weighted by Crippen LogP contribution is -2.50. The van der Waals surface area contributed by atoms with Crippen LogP contribution in [0.25, 0.3) is 11.0 Å². The summed E-state index contributed by atoms with van der Waals surface area (Å²) in [7, 11) is 1.50.